The summed E-state index contributed by atoms with van der Waals surface area (Å²) < 4.78 is 7.49. The van der Waals surface area contributed by atoms with E-state index in [1.165, 1.54) is 0 Å². The Bertz CT molecular complexity index is 678. The van der Waals surface area contributed by atoms with Crippen LogP contribution in [0.2, 0.25) is 0 Å². The number of carbonyl (C=O) groups is 1. The summed E-state index contributed by atoms with van der Waals surface area (Å²) in [5, 5.41) is 7.20. The van der Waals surface area contributed by atoms with Crippen molar-refractivity contribution < 1.29 is 9.53 Å². The van der Waals surface area contributed by atoms with Gasteiger partial charge in [-0.1, -0.05) is 0 Å². The summed E-state index contributed by atoms with van der Waals surface area (Å²) in [6.45, 7) is 2.91. The number of ether oxygens (including phenoxy) is 1. The van der Waals surface area contributed by atoms with E-state index in [2.05, 4.69) is 15.3 Å². The van der Waals surface area contributed by atoms with Gasteiger partial charge in [-0.05, 0) is 57.3 Å². The maximum atomic E-state index is 12.7. The number of urea groups is 1. The van der Waals surface area contributed by atoms with Crippen molar-refractivity contribution in [2.24, 2.45) is 0 Å². The molecule has 26 heavy (non-hydrogen) atoms. The second-order valence-corrected chi connectivity index (χ2v) is 6.81. The molecule has 2 aromatic rings. The summed E-state index contributed by atoms with van der Waals surface area (Å²) in [5.41, 5.74) is 1.73. The number of nitrogens with one attached hydrogen (secondary N) is 1. The summed E-state index contributed by atoms with van der Waals surface area (Å²) in [6, 6.07) is 9.45. The van der Waals surface area contributed by atoms with Crippen LogP contribution in [0.5, 0.6) is 0 Å². The number of carbonyl (C=O) groups excluding carboxylic acids is 1. The molecule has 0 bridgehead atoms. The zero-order valence-corrected chi connectivity index (χ0v) is 15.5. The first-order valence-corrected chi connectivity index (χ1v) is 9.04. The first kappa shape index (κ1) is 18.4. The highest BCUT2D eigenvalue weighted by Crippen LogP contribution is 2.16. The van der Waals surface area contributed by atoms with Crippen molar-refractivity contribution in [1.82, 2.24) is 19.6 Å². The third-order valence-electron chi connectivity index (χ3n) is 4.44. The second-order valence-electron chi connectivity index (χ2n) is 6.81. The molecule has 1 aliphatic heterocycles. The van der Waals surface area contributed by atoms with Gasteiger partial charge in [-0.3, -0.25) is 0 Å². The molecule has 0 radical (unpaired) electrons. The highest BCUT2D eigenvalue weighted by Gasteiger charge is 2.22. The van der Waals surface area contributed by atoms with Crippen molar-refractivity contribution in [2.75, 3.05) is 45.7 Å². The van der Waals surface area contributed by atoms with Gasteiger partial charge in [0, 0.05) is 44.3 Å². The highest BCUT2D eigenvalue weighted by atomic mass is 16.5. The quantitative estimate of drug-likeness (QED) is 0.827. The zero-order valence-electron chi connectivity index (χ0n) is 15.5. The van der Waals surface area contributed by atoms with Gasteiger partial charge in [-0.15, -0.1) is 0 Å². The van der Waals surface area contributed by atoms with Gasteiger partial charge in [-0.25, -0.2) is 9.48 Å². The molecule has 3 rings (SSSR count). The number of rotatable bonds is 7. The topological polar surface area (TPSA) is 62.6 Å². The molecule has 2 amide bonds. The van der Waals surface area contributed by atoms with Crippen molar-refractivity contribution in [1.29, 1.82) is 0 Å². The Labute approximate surface area is 154 Å². The number of nitrogens with zero attached hydrogens (tertiary/aromatic N) is 4. The molecular weight excluding hydrogens is 330 g/mol. The average molecular weight is 357 g/mol. The van der Waals surface area contributed by atoms with E-state index in [1.807, 2.05) is 55.5 Å². The first-order chi connectivity index (χ1) is 12.6. The smallest absolute Gasteiger partial charge is 0.321 e. The highest BCUT2D eigenvalue weighted by molar-refractivity contribution is 5.89. The molecule has 0 saturated carbocycles. The summed E-state index contributed by atoms with van der Waals surface area (Å²) in [6.07, 6.45) is 5.86. The fraction of sp³-hybridized carbons (Fsp3) is 0.474. The lowest BCUT2D eigenvalue weighted by molar-refractivity contribution is 0.0820. The third-order valence-corrected chi connectivity index (χ3v) is 4.44. The van der Waals surface area contributed by atoms with Crippen molar-refractivity contribution in [2.45, 2.75) is 18.9 Å². The average Bonchev–Trinajstić information content (AvgIpc) is 3.33. The van der Waals surface area contributed by atoms with E-state index < -0.39 is 0 Å². The van der Waals surface area contributed by atoms with E-state index in [0.717, 1.165) is 37.4 Å². The number of aromatic nitrogens is 2. The Morgan fingerprint density at radius 3 is 2.73 bits per heavy atom. The SMILES string of the molecule is CN(C)CCN(C[C@H]1CCCO1)C(=O)Nc1ccc(-n2cccn2)cc1. The van der Waals surface area contributed by atoms with Gasteiger partial charge in [-0.2, -0.15) is 5.10 Å². The Balaban J connectivity index is 1.61. The molecule has 2 heterocycles. The molecule has 0 unspecified atom stereocenters. The van der Waals surface area contributed by atoms with Crippen molar-refractivity contribution in [3.63, 3.8) is 0 Å². The van der Waals surface area contributed by atoms with Gasteiger partial charge in [0.1, 0.15) is 0 Å². The van der Waals surface area contributed by atoms with E-state index in [-0.39, 0.29) is 12.1 Å². The number of likely N-dealkylation sites (N-methyl/N-ethyl adjacent to an activating group) is 1. The maximum absolute atomic E-state index is 12.7. The molecule has 1 aromatic carbocycles. The van der Waals surface area contributed by atoms with Crippen LogP contribution in [0.4, 0.5) is 10.5 Å². The largest absolute Gasteiger partial charge is 0.376 e. The maximum Gasteiger partial charge on any atom is 0.321 e. The van der Waals surface area contributed by atoms with E-state index in [4.69, 9.17) is 4.74 Å². The molecule has 1 saturated heterocycles. The molecule has 7 heteroatoms. The summed E-state index contributed by atoms with van der Waals surface area (Å²) in [5.74, 6) is 0. The molecule has 140 valence electrons. The normalized spacial score (nSPS) is 16.8. The molecule has 7 nitrogen and oxygen atoms in total. The minimum absolute atomic E-state index is 0.0887. The van der Waals surface area contributed by atoms with Crippen molar-refractivity contribution >= 4 is 11.7 Å². The summed E-state index contributed by atoms with van der Waals surface area (Å²) in [7, 11) is 4.02. The van der Waals surface area contributed by atoms with Crippen LogP contribution in [0.25, 0.3) is 5.69 Å². The van der Waals surface area contributed by atoms with Gasteiger partial charge in [0.15, 0.2) is 0 Å². The van der Waals surface area contributed by atoms with E-state index in [1.54, 1.807) is 10.9 Å². The fourth-order valence-electron chi connectivity index (χ4n) is 2.95. The molecule has 1 N–H and O–H groups in total. The number of anilines is 1. The number of hydrogen-bond acceptors (Lipinski definition) is 4. The molecule has 1 aromatic heterocycles. The Morgan fingerprint density at radius 1 is 1.31 bits per heavy atom. The van der Waals surface area contributed by atoms with E-state index in [0.29, 0.717) is 13.1 Å². The standard InChI is InChI=1S/C19H27N5O2/c1-22(2)12-13-23(15-18-5-3-14-26-18)19(25)21-16-6-8-17(9-7-16)24-11-4-10-20-24/h4,6-11,18H,3,5,12-15H2,1-2H3,(H,21,25)/t18-/m1/s1. The predicted octanol–water partition coefficient (Wildman–Crippen LogP) is 2.45. The Morgan fingerprint density at radius 2 is 2.12 bits per heavy atom. The zero-order chi connectivity index (χ0) is 18.4. The van der Waals surface area contributed by atoms with Crippen LogP contribution < -0.4 is 5.32 Å². The van der Waals surface area contributed by atoms with Gasteiger partial charge < -0.3 is 19.9 Å². The van der Waals surface area contributed by atoms with Gasteiger partial charge >= 0.3 is 6.03 Å². The fourth-order valence-corrected chi connectivity index (χ4v) is 2.95. The van der Waals surface area contributed by atoms with E-state index >= 15 is 0 Å². The Hall–Kier alpha value is -2.38. The third kappa shape index (κ3) is 5.06. The van der Waals surface area contributed by atoms with Crippen LogP contribution in [-0.4, -0.2) is 72.1 Å². The van der Waals surface area contributed by atoms with Crippen LogP contribution in [0.1, 0.15) is 12.8 Å². The van der Waals surface area contributed by atoms with Crippen LogP contribution in [-0.2, 0) is 4.74 Å². The number of amides is 2. The summed E-state index contributed by atoms with van der Waals surface area (Å²) >= 11 is 0. The lowest BCUT2D eigenvalue weighted by Crippen LogP contribution is -2.43. The van der Waals surface area contributed by atoms with Crippen molar-refractivity contribution in [3.05, 3.63) is 42.7 Å². The van der Waals surface area contributed by atoms with Crippen molar-refractivity contribution in [3.8, 4) is 5.69 Å². The lowest BCUT2D eigenvalue weighted by Gasteiger charge is -2.27. The molecule has 0 aliphatic carbocycles. The number of hydrogen-bond donors (Lipinski definition) is 1. The molecule has 0 spiro atoms. The Kier molecular flexibility index (Phi) is 6.25. The van der Waals surface area contributed by atoms with Gasteiger partial charge in [0.2, 0.25) is 0 Å². The minimum atomic E-state index is -0.0887. The van der Waals surface area contributed by atoms with Crippen LogP contribution in [0.15, 0.2) is 42.7 Å². The van der Waals surface area contributed by atoms with Gasteiger partial charge in [0.05, 0.1) is 11.8 Å². The van der Waals surface area contributed by atoms with E-state index in [9.17, 15) is 4.79 Å². The van der Waals surface area contributed by atoms with Crippen LogP contribution in [0.3, 0.4) is 0 Å². The lowest BCUT2D eigenvalue weighted by atomic mass is 10.2. The second kappa shape index (κ2) is 8.82. The first-order valence-electron chi connectivity index (χ1n) is 9.04. The summed E-state index contributed by atoms with van der Waals surface area (Å²) in [4.78, 5) is 16.7. The van der Waals surface area contributed by atoms with Crippen LogP contribution >= 0.6 is 0 Å². The molecule has 1 fully saturated rings. The number of benzene rings is 1. The van der Waals surface area contributed by atoms with Gasteiger partial charge in [0.25, 0.3) is 0 Å². The molecule has 1 aliphatic rings. The minimum Gasteiger partial charge on any atom is -0.376 e. The molecule has 1 atom stereocenters. The molecular formula is C19H27N5O2. The monoisotopic (exact) mass is 357 g/mol. The van der Waals surface area contributed by atoms with Crippen LogP contribution in [0, 0.1) is 0 Å². The predicted molar refractivity (Wildman–Crippen MR) is 102 cm³/mol.